The molecule has 0 spiro atoms. The van der Waals surface area contributed by atoms with Gasteiger partial charge in [-0.2, -0.15) is 0 Å². The van der Waals surface area contributed by atoms with Gasteiger partial charge in [-0.3, -0.25) is 9.69 Å². The Morgan fingerprint density at radius 1 is 1.27 bits per heavy atom. The number of halogens is 1. The Labute approximate surface area is 157 Å². The fourth-order valence-electron chi connectivity index (χ4n) is 3.11. The molecule has 2 heterocycles. The molecule has 1 aromatic heterocycles. The lowest BCUT2D eigenvalue weighted by Crippen LogP contribution is -2.48. The maximum Gasteiger partial charge on any atom is 0.264 e. The molecule has 1 N–H and O–H groups in total. The van der Waals surface area contributed by atoms with E-state index >= 15 is 0 Å². The number of carbonyl (C=O) groups is 1. The summed E-state index contributed by atoms with van der Waals surface area (Å²) in [6.45, 7) is 6.71. The number of rotatable bonds is 7. The van der Waals surface area contributed by atoms with E-state index in [-0.39, 0.29) is 11.7 Å². The van der Waals surface area contributed by atoms with Gasteiger partial charge in [-0.15, -0.1) is 5.10 Å². The van der Waals surface area contributed by atoms with Crippen LogP contribution in [0.25, 0.3) is 0 Å². The van der Waals surface area contributed by atoms with Crippen LogP contribution in [0.5, 0.6) is 0 Å². The summed E-state index contributed by atoms with van der Waals surface area (Å²) in [5.41, 5.74) is 1.45. The minimum absolute atomic E-state index is 0.0894. The molecule has 0 atom stereocenters. The maximum atomic E-state index is 13.9. The number of nitrogens with zero attached hydrogens (tertiary/aromatic N) is 4. The summed E-state index contributed by atoms with van der Waals surface area (Å²) in [6, 6.07) is 6.89. The van der Waals surface area contributed by atoms with Gasteiger partial charge in [-0.25, -0.2) is 4.39 Å². The first kappa shape index (κ1) is 18.7. The second-order valence-corrected chi connectivity index (χ2v) is 7.09. The van der Waals surface area contributed by atoms with Gasteiger partial charge in [0.15, 0.2) is 0 Å². The highest BCUT2D eigenvalue weighted by Gasteiger charge is 2.20. The van der Waals surface area contributed by atoms with Crippen LogP contribution >= 0.6 is 11.5 Å². The Bertz CT molecular complexity index is 730. The molecule has 1 aliphatic heterocycles. The topological polar surface area (TPSA) is 61.4 Å². The number of aromatic nitrogens is 2. The molecule has 1 aromatic carbocycles. The van der Waals surface area contributed by atoms with Crippen molar-refractivity contribution in [3.63, 3.8) is 0 Å². The predicted molar refractivity (Wildman–Crippen MR) is 101 cm³/mol. The number of aryl methyl sites for hydroxylation is 1. The summed E-state index contributed by atoms with van der Waals surface area (Å²) in [5.74, 6) is -0.261. The van der Waals surface area contributed by atoms with Crippen LogP contribution in [0.15, 0.2) is 24.3 Å². The number of para-hydroxylation sites is 1. The molecule has 8 heteroatoms. The van der Waals surface area contributed by atoms with Crippen molar-refractivity contribution in [2.45, 2.75) is 19.8 Å². The van der Waals surface area contributed by atoms with E-state index in [0.717, 1.165) is 62.8 Å². The van der Waals surface area contributed by atoms with Gasteiger partial charge in [0, 0.05) is 39.3 Å². The smallest absolute Gasteiger partial charge is 0.264 e. The predicted octanol–water partition coefficient (Wildman–Crippen LogP) is 2.18. The van der Waals surface area contributed by atoms with Crippen molar-refractivity contribution in [2.75, 3.05) is 44.2 Å². The van der Waals surface area contributed by atoms with Crippen molar-refractivity contribution >= 4 is 23.1 Å². The SMILES string of the molecule is CCCc1nnsc1C(=O)NCCN1CCN(c2ccccc2F)CC1. The summed E-state index contributed by atoms with van der Waals surface area (Å²) in [7, 11) is 0. The molecule has 2 aromatic rings. The molecule has 1 saturated heterocycles. The first-order valence-electron chi connectivity index (χ1n) is 9.00. The number of anilines is 1. The summed E-state index contributed by atoms with van der Waals surface area (Å²) < 4.78 is 17.8. The Morgan fingerprint density at radius 2 is 2.04 bits per heavy atom. The summed E-state index contributed by atoms with van der Waals surface area (Å²) >= 11 is 1.15. The van der Waals surface area contributed by atoms with Gasteiger partial charge in [0.25, 0.3) is 5.91 Å². The monoisotopic (exact) mass is 377 g/mol. The summed E-state index contributed by atoms with van der Waals surface area (Å²) in [6.07, 6.45) is 1.72. The van der Waals surface area contributed by atoms with Crippen molar-refractivity contribution in [2.24, 2.45) is 0 Å². The highest BCUT2D eigenvalue weighted by atomic mass is 32.1. The molecule has 1 amide bonds. The molecule has 0 unspecified atom stereocenters. The molecule has 0 aliphatic carbocycles. The third-order valence-corrected chi connectivity index (χ3v) is 5.29. The number of amides is 1. The second-order valence-electron chi connectivity index (χ2n) is 6.33. The first-order valence-corrected chi connectivity index (χ1v) is 9.77. The molecular weight excluding hydrogens is 353 g/mol. The number of carbonyl (C=O) groups excluding carboxylic acids is 1. The first-order chi connectivity index (χ1) is 12.7. The molecule has 0 radical (unpaired) electrons. The van der Waals surface area contributed by atoms with Gasteiger partial charge in [0.05, 0.1) is 11.4 Å². The number of piperazine rings is 1. The molecule has 0 bridgehead atoms. The van der Waals surface area contributed by atoms with E-state index in [0.29, 0.717) is 17.1 Å². The van der Waals surface area contributed by atoms with E-state index in [1.54, 1.807) is 6.07 Å². The number of nitrogens with one attached hydrogen (secondary N) is 1. The van der Waals surface area contributed by atoms with E-state index in [9.17, 15) is 9.18 Å². The van der Waals surface area contributed by atoms with Crippen LogP contribution in [0, 0.1) is 5.82 Å². The van der Waals surface area contributed by atoms with Gasteiger partial charge < -0.3 is 10.2 Å². The van der Waals surface area contributed by atoms with E-state index in [1.807, 2.05) is 12.1 Å². The largest absolute Gasteiger partial charge is 0.367 e. The van der Waals surface area contributed by atoms with Crippen molar-refractivity contribution in [1.29, 1.82) is 0 Å². The molecule has 140 valence electrons. The zero-order valence-electron chi connectivity index (χ0n) is 14.9. The third kappa shape index (κ3) is 4.56. The van der Waals surface area contributed by atoms with E-state index < -0.39 is 0 Å². The lowest BCUT2D eigenvalue weighted by Gasteiger charge is -2.36. The van der Waals surface area contributed by atoms with Crippen LogP contribution in [-0.4, -0.2) is 59.7 Å². The lowest BCUT2D eigenvalue weighted by molar-refractivity contribution is 0.0950. The number of benzene rings is 1. The molecule has 0 saturated carbocycles. The Kier molecular flexibility index (Phi) is 6.51. The number of hydrogen-bond donors (Lipinski definition) is 1. The van der Waals surface area contributed by atoms with Crippen LogP contribution in [0.2, 0.25) is 0 Å². The second kappa shape index (κ2) is 9.05. The minimum Gasteiger partial charge on any atom is -0.367 e. The van der Waals surface area contributed by atoms with E-state index in [2.05, 4.69) is 31.6 Å². The van der Waals surface area contributed by atoms with Gasteiger partial charge in [-0.05, 0) is 30.1 Å². The summed E-state index contributed by atoms with van der Waals surface area (Å²) in [5, 5.41) is 6.99. The number of hydrogen-bond acceptors (Lipinski definition) is 6. The van der Waals surface area contributed by atoms with Crippen LogP contribution in [0.3, 0.4) is 0 Å². The summed E-state index contributed by atoms with van der Waals surface area (Å²) in [4.78, 5) is 17.3. The zero-order chi connectivity index (χ0) is 18.4. The van der Waals surface area contributed by atoms with E-state index in [1.165, 1.54) is 6.07 Å². The third-order valence-electron chi connectivity index (χ3n) is 4.53. The van der Waals surface area contributed by atoms with Crippen LogP contribution < -0.4 is 10.2 Å². The molecule has 1 fully saturated rings. The van der Waals surface area contributed by atoms with Crippen molar-refractivity contribution in [3.05, 3.63) is 40.7 Å². The molecule has 26 heavy (non-hydrogen) atoms. The quantitative estimate of drug-likeness (QED) is 0.801. The van der Waals surface area contributed by atoms with Crippen molar-refractivity contribution in [3.8, 4) is 0 Å². The highest BCUT2D eigenvalue weighted by Crippen LogP contribution is 2.20. The molecule has 1 aliphatic rings. The molecule has 6 nitrogen and oxygen atoms in total. The Hall–Kier alpha value is -2.06. The highest BCUT2D eigenvalue weighted by molar-refractivity contribution is 7.08. The van der Waals surface area contributed by atoms with Crippen LogP contribution in [-0.2, 0) is 6.42 Å². The van der Waals surface area contributed by atoms with Crippen molar-refractivity contribution < 1.29 is 9.18 Å². The maximum absolute atomic E-state index is 13.9. The van der Waals surface area contributed by atoms with Crippen molar-refractivity contribution in [1.82, 2.24) is 19.8 Å². The lowest BCUT2D eigenvalue weighted by atomic mass is 10.2. The fourth-order valence-corrected chi connectivity index (χ4v) is 3.73. The minimum atomic E-state index is -0.172. The molecular formula is C18H24FN5OS. The van der Waals surface area contributed by atoms with Crippen LogP contribution in [0.1, 0.15) is 28.7 Å². The van der Waals surface area contributed by atoms with Crippen LogP contribution in [0.4, 0.5) is 10.1 Å². The van der Waals surface area contributed by atoms with Gasteiger partial charge in [-0.1, -0.05) is 30.0 Å². The average Bonchev–Trinajstić information content (AvgIpc) is 3.11. The zero-order valence-corrected chi connectivity index (χ0v) is 15.8. The van der Waals surface area contributed by atoms with Gasteiger partial charge in [0.2, 0.25) is 0 Å². The van der Waals surface area contributed by atoms with E-state index in [4.69, 9.17) is 0 Å². The van der Waals surface area contributed by atoms with Gasteiger partial charge in [0.1, 0.15) is 10.7 Å². The normalized spacial score (nSPS) is 15.2. The standard InChI is InChI=1S/C18H24FN5OS/c1-2-5-15-17(26-22-21-15)18(25)20-8-9-23-10-12-24(13-11-23)16-7-4-3-6-14(16)19/h3-4,6-7H,2,5,8-13H2,1H3,(H,20,25). The fraction of sp³-hybridized carbons (Fsp3) is 0.500. The molecule has 3 rings (SSSR count). The average molecular weight is 377 g/mol. The Morgan fingerprint density at radius 3 is 2.77 bits per heavy atom. The van der Waals surface area contributed by atoms with Gasteiger partial charge >= 0.3 is 0 Å². The Balaban J connectivity index is 1.42.